The summed E-state index contributed by atoms with van der Waals surface area (Å²) in [6.07, 6.45) is 2.31. The molecule has 4 nitrogen and oxygen atoms in total. The molecule has 0 spiro atoms. The molecule has 0 unspecified atom stereocenters. The molecule has 2 aromatic carbocycles. The third kappa shape index (κ3) is 4.99. The average molecular weight is 319 g/mol. The van der Waals surface area contributed by atoms with Gasteiger partial charge in [0, 0.05) is 18.4 Å². The molecule has 2 aromatic rings. The first kappa shape index (κ1) is 17.3. The molecule has 0 heterocycles. The van der Waals surface area contributed by atoms with Crippen molar-refractivity contribution >= 4 is 11.6 Å². The summed E-state index contributed by atoms with van der Waals surface area (Å²) in [5.74, 6) is -0.411. The third-order valence-electron chi connectivity index (χ3n) is 3.69. The number of benzene rings is 2. The van der Waals surface area contributed by atoms with E-state index in [9.17, 15) is 10.1 Å². The third-order valence-corrected chi connectivity index (χ3v) is 3.69. The second-order valence-electron chi connectivity index (χ2n) is 5.62. The lowest BCUT2D eigenvalue weighted by Gasteiger charge is -2.07. The van der Waals surface area contributed by atoms with Crippen molar-refractivity contribution in [2.75, 3.05) is 11.9 Å². The van der Waals surface area contributed by atoms with Crippen molar-refractivity contribution in [1.29, 1.82) is 5.26 Å². The van der Waals surface area contributed by atoms with Crippen molar-refractivity contribution in [3.8, 4) is 6.07 Å². The van der Waals surface area contributed by atoms with Gasteiger partial charge in [-0.1, -0.05) is 36.4 Å². The zero-order valence-electron chi connectivity index (χ0n) is 14.0. The van der Waals surface area contributed by atoms with Gasteiger partial charge in [0.05, 0.1) is 0 Å². The van der Waals surface area contributed by atoms with Crippen LogP contribution in [0.1, 0.15) is 16.7 Å². The van der Waals surface area contributed by atoms with Crippen molar-refractivity contribution < 1.29 is 4.79 Å². The number of amides is 1. The number of anilines is 1. The van der Waals surface area contributed by atoms with Crippen LogP contribution in [0.2, 0.25) is 0 Å². The predicted molar refractivity (Wildman–Crippen MR) is 96.4 cm³/mol. The van der Waals surface area contributed by atoms with Gasteiger partial charge in [0.25, 0.3) is 5.91 Å². The van der Waals surface area contributed by atoms with Gasteiger partial charge >= 0.3 is 0 Å². The van der Waals surface area contributed by atoms with Crippen LogP contribution in [-0.4, -0.2) is 12.5 Å². The molecule has 0 aliphatic carbocycles. The summed E-state index contributed by atoms with van der Waals surface area (Å²) in [6.45, 7) is 4.68. The van der Waals surface area contributed by atoms with Crippen LogP contribution < -0.4 is 10.6 Å². The molecule has 0 saturated carbocycles. The fourth-order valence-electron chi connectivity index (χ4n) is 2.34. The molecule has 0 aliphatic rings. The minimum atomic E-state index is -0.411. The molecule has 0 saturated heterocycles. The van der Waals surface area contributed by atoms with Crippen molar-refractivity contribution in [2.45, 2.75) is 20.3 Å². The standard InChI is InChI=1S/C20H21N3O/c1-15-6-5-9-19(12-15)23-20(24)18(13-21)14-22-11-10-17-8-4-3-7-16(17)2/h3-9,12,14,22H,10-11H2,1-2H3,(H,23,24)/b18-14-. The number of nitriles is 1. The van der Waals surface area contributed by atoms with Crippen molar-refractivity contribution in [1.82, 2.24) is 5.32 Å². The molecule has 0 bridgehead atoms. The van der Waals surface area contributed by atoms with Gasteiger partial charge in [0.2, 0.25) is 0 Å². The number of rotatable bonds is 6. The molecule has 2 rings (SSSR count). The fourth-order valence-corrected chi connectivity index (χ4v) is 2.34. The number of nitrogens with one attached hydrogen (secondary N) is 2. The molecule has 0 aromatic heterocycles. The SMILES string of the molecule is Cc1cccc(NC(=O)/C(C#N)=C\NCCc2ccccc2C)c1. The van der Waals surface area contributed by atoms with Gasteiger partial charge in [-0.15, -0.1) is 0 Å². The highest BCUT2D eigenvalue weighted by Gasteiger charge is 2.09. The number of hydrogen-bond donors (Lipinski definition) is 2. The summed E-state index contributed by atoms with van der Waals surface area (Å²) < 4.78 is 0. The molecular weight excluding hydrogens is 298 g/mol. The van der Waals surface area contributed by atoms with Crippen LogP contribution in [0.15, 0.2) is 60.3 Å². The van der Waals surface area contributed by atoms with E-state index in [0.29, 0.717) is 12.2 Å². The second kappa shape index (κ2) is 8.54. The molecular formula is C20H21N3O. The number of carbonyl (C=O) groups is 1. The van der Waals surface area contributed by atoms with Crippen LogP contribution in [0, 0.1) is 25.2 Å². The molecule has 4 heteroatoms. The molecule has 0 aliphatic heterocycles. The normalized spacial score (nSPS) is 10.8. The van der Waals surface area contributed by atoms with Gasteiger partial charge < -0.3 is 10.6 Å². The van der Waals surface area contributed by atoms with Crippen molar-refractivity contribution in [2.24, 2.45) is 0 Å². The van der Waals surface area contributed by atoms with E-state index < -0.39 is 5.91 Å². The van der Waals surface area contributed by atoms with Crippen molar-refractivity contribution in [3.63, 3.8) is 0 Å². The van der Waals surface area contributed by atoms with Crippen molar-refractivity contribution in [3.05, 3.63) is 77.0 Å². The maximum atomic E-state index is 12.1. The zero-order valence-corrected chi connectivity index (χ0v) is 14.0. The van der Waals surface area contributed by atoms with E-state index in [1.54, 1.807) is 6.07 Å². The average Bonchev–Trinajstić information content (AvgIpc) is 2.56. The molecule has 0 atom stereocenters. The Labute approximate surface area is 142 Å². The zero-order chi connectivity index (χ0) is 17.4. The van der Waals surface area contributed by atoms with Gasteiger partial charge in [0.1, 0.15) is 11.6 Å². The number of nitrogens with zero attached hydrogens (tertiary/aromatic N) is 1. The second-order valence-corrected chi connectivity index (χ2v) is 5.62. The summed E-state index contributed by atoms with van der Waals surface area (Å²) >= 11 is 0. The lowest BCUT2D eigenvalue weighted by Crippen LogP contribution is -2.18. The number of aryl methyl sites for hydroxylation is 2. The Balaban J connectivity index is 1.90. The number of hydrogen-bond acceptors (Lipinski definition) is 3. The van der Waals surface area contributed by atoms with Crippen LogP contribution in [0.4, 0.5) is 5.69 Å². The Bertz CT molecular complexity index is 787. The first-order valence-electron chi connectivity index (χ1n) is 7.86. The van der Waals surface area contributed by atoms with E-state index in [-0.39, 0.29) is 5.57 Å². The Hall–Kier alpha value is -3.06. The summed E-state index contributed by atoms with van der Waals surface area (Å²) in [5, 5.41) is 14.9. The Morgan fingerprint density at radius 3 is 2.67 bits per heavy atom. The minimum Gasteiger partial charge on any atom is -0.389 e. The largest absolute Gasteiger partial charge is 0.389 e. The highest BCUT2D eigenvalue weighted by molar-refractivity contribution is 6.06. The van der Waals surface area contributed by atoms with E-state index >= 15 is 0 Å². The van der Waals surface area contributed by atoms with Crippen LogP contribution in [0.5, 0.6) is 0 Å². The van der Waals surface area contributed by atoms with Crippen LogP contribution >= 0.6 is 0 Å². The molecule has 2 N–H and O–H groups in total. The van der Waals surface area contributed by atoms with Gasteiger partial charge in [-0.05, 0) is 49.1 Å². The van der Waals surface area contributed by atoms with Gasteiger partial charge in [-0.25, -0.2) is 0 Å². The monoisotopic (exact) mass is 319 g/mol. The highest BCUT2D eigenvalue weighted by atomic mass is 16.1. The van der Waals surface area contributed by atoms with Gasteiger partial charge in [-0.2, -0.15) is 5.26 Å². The lowest BCUT2D eigenvalue weighted by atomic mass is 10.1. The summed E-state index contributed by atoms with van der Waals surface area (Å²) in [7, 11) is 0. The van der Waals surface area contributed by atoms with E-state index in [2.05, 4.69) is 29.7 Å². The van der Waals surface area contributed by atoms with E-state index in [1.165, 1.54) is 17.3 Å². The highest BCUT2D eigenvalue weighted by Crippen LogP contribution is 2.11. The fraction of sp³-hybridized carbons (Fsp3) is 0.200. The molecule has 1 amide bonds. The molecule has 122 valence electrons. The lowest BCUT2D eigenvalue weighted by molar-refractivity contribution is -0.112. The van der Waals surface area contributed by atoms with Crippen LogP contribution in [0.3, 0.4) is 0 Å². The van der Waals surface area contributed by atoms with E-state index in [4.69, 9.17) is 0 Å². The minimum absolute atomic E-state index is 0.0567. The summed E-state index contributed by atoms with van der Waals surface area (Å²) in [5.41, 5.74) is 4.27. The summed E-state index contributed by atoms with van der Waals surface area (Å²) in [6, 6.07) is 17.6. The first-order chi connectivity index (χ1) is 11.6. The maximum Gasteiger partial charge on any atom is 0.267 e. The first-order valence-corrected chi connectivity index (χ1v) is 7.86. The molecule has 24 heavy (non-hydrogen) atoms. The Morgan fingerprint density at radius 2 is 1.96 bits per heavy atom. The van der Waals surface area contributed by atoms with Crippen LogP contribution in [0.25, 0.3) is 0 Å². The molecule has 0 radical (unpaired) electrons. The predicted octanol–water partition coefficient (Wildman–Crippen LogP) is 3.48. The number of carbonyl (C=O) groups excluding carboxylic acids is 1. The van der Waals surface area contributed by atoms with Gasteiger partial charge in [0.15, 0.2) is 0 Å². The summed E-state index contributed by atoms with van der Waals surface area (Å²) in [4.78, 5) is 12.1. The smallest absolute Gasteiger partial charge is 0.267 e. The maximum absolute atomic E-state index is 12.1. The van der Waals surface area contributed by atoms with E-state index in [1.807, 2.05) is 43.3 Å². The molecule has 0 fully saturated rings. The van der Waals surface area contributed by atoms with Gasteiger partial charge in [-0.3, -0.25) is 4.79 Å². The topological polar surface area (TPSA) is 64.9 Å². The van der Waals surface area contributed by atoms with Crippen LogP contribution in [-0.2, 0) is 11.2 Å². The quantitative estimate of drug-likeness (QED) is 0.487. The van der Waals surface area contributed by atoms with E-state index in [0.717, 1.165) is 12.0 Å². The Kier molecular flexibility index (Phi) is 6.16. The Morgan fingerprint density at radius 1 is 1.17 bits per heavy atom.